The standard InChI is InChI=1S/C22H42N8O7/c1-3-12(2)17(21(36)37)30-20(35)15(8-6-10-27-22(25)26)29-19(34)14(7-4-5-9-23)28-18(33)13(24)11-16(31)32/h12-15,17H,3-11,23-24H2,1-2H3,(H,28,33)(H,29,34)(H,30,35)(H,31,32)(H,36,37)(H4,25,26,27). The van der Waals surface area contributed by atoms with Crippen molar-refractivity contribution in [3.8, 4) is 0 Å². The number of carbonyl (C=O) groups excluding carboxylic acids is 3. The summed E-state index contributed by atoms with van der Waals surface area (Å²) in [5.41, 5.74) is 21.7. The van der Waals surface area contributed by atoms with Crippen LogP contribution in [0.15, 0.2) is 4.99 Å². The minimum absolute atomic E-state index is 0.0726. The van der Waals surface area contributed by atoms with Crippen molar-refractivity contribution in [2.75, 3.05) is 13.1 Å². The summed E-state index contributed by atoms with van der Waals surface area (Å²) in [4.78, 5) is 64.9. The Morgan fingerprint density at radius 2 is 1.41 bits per heavy atom. The first-order valence-electron chi connectivity index (χ1n) is 12.2. The van der Waals surface area contributed by atoms with Crippen molar-refractivity contribution in [3.63, 3.8) is 0 Å². The van der Waals surface area contributed by atoms with E-state index in [4.69, 9.17) is 28.0 Å². The zero-order valence-corrected chi connectivity index (χ0v) is 21.4. The van der Waals surface area contributed by atoms with Crippen LogP contribution in [0.1, 0.15) is 58.8 Å². The molecule has 0 heterocycles. The molecule has 0 saturated heterocycles. The van der Waals surface area contributed by atoms with Gasteiger partial charge in [-0.2, -0.15) is 0 Å². The van der Waals surface area contributed by atoms with Gasteiger partial charge in [-0.15, -0.1) is 0 Å². The number of amides is 3. The van der Waals surface area contributed by atoms with Gasteiger partial charge in [0.15, 0.2) is 5.96 Å². The second-order valence-corrected chi connectivity index (χ2v) is 8.77. The van der Waals surface area contributed by atoms with Crippen LogP contribution in [0, 0.1) is 5.92 Å². The van der Waals surface area contributed by atoms with Crippen LogP contribution in [0.25, 0.3) is 0 Å². The summed E-state index contributed by atoms with van der Waals surface area (Å²) >= 11 is 0. The minimum atomic E-state index is -1.38. The molecular formula is C22H42N8O7. The Hall–Kier alpha value is -3.46. The maximum absolute atomic E-state index is 13.1. The van der Waals surface area contributed by atoms with E-state index in [-0.39, 0.29) is 37.7 Å². The maximum Gasteiger partial charge on any atom is 0.326 e. The Balaban J connectivity index is 5.70. The van der Waals surface area contributed by atoms with Crippen molar-refractivity contribution in [3.05, 3.63) is 0 Å². The SMILES string of the molecule is CCC(C)C(NC(=O)C(CCCN=C(N)N)NC(=O)C(CCCCN)NC(=O)C(N)CC(=O)O)C(=O)O. The minimum Gasteiger partial charge on any atom is -0.481 e. The Labute approximate surface area is 216 Å². The van der Waals surface area contributed by atoms with Crippen LogP contribution in [-0.2, 0) is 24.0 Å². The lowest BCUT2D eigenvalue weighted by Crippen LogP contribution is -2.57. The number of carbonyl (C=O) groups is 5. The second kappa shape index (κ2) is 17.9. The molecule has 15 heteroatoms. The molecule has 0 aliphatic heterocycles. The van der Waals surface area contributed by atoms with Crippen LogP contribution in [0.2, 0.25) is 0 Å². The van der Waals surface area contributed by atoms with Gasteiger partial charge in [0, 0.05) is 6.54 Å². The van der Waals surface area contributed by atoms with Gasteiger partial charge in [-0.3, -0.25) is 24.2 Å². The Bertz CT molecular complexity index is 804. The van der Waals surface area contributed by atoms with E-state index in [2.05, 4.69) is 20.9 Å². The summed E-state index contributed by atoms with van der Waals surface area (Å²) in [6.07, 6.45) is 1.38. The molecule has 13 N–H and O–H groups in total. The van der Waals surface area contributed by atoms with Crippen LogP contribution in [0.5, 0.6) is 0 Å². The van der Waals surface area contributed by atoms with E-state index in [1.54, 1.807) is 13.8 Å². The smallest absolute Gasteiger partial charge is 0.326 e. The van der Waals surface area contributed by atoms with Gasteiger partial charge < -0.3 is 49.1 Å². The van der Waals surface area contributed by atoms with Gasteiger partial charge in [-0.05, 0) is 44.6 Å². The van der Waals surface area contributed by atoms with Crippen molar-refractivity contribution in [2.45, 2.75) is 83.0 Å². The number of rotatable bonds is 19. The largest absolute Gasteiger partial charge is 0.481 e. The normalized spacial score (nSPS) is 14.8. The Morgan fingerprint density at radius 1 is 0.865 bits per heavy atom. The number of carboxylic acid groups (broad SMARTS) is 2. The van der Waals surface area contributed by atoms with Crippen LogP contribution in [0.4, 0.5) is 0 Å². The molecule has 0 radical (unpaired) electrons. The number of unbranched alkanes of at least 4 members (excludes halogenated alkanes) is 1. The molecule has 0 aromatic heterocycles. The van der Waals surface area contributed by atoms with Crippen LogP contribution in [-0.4, -0.2) is 83.1 Å². The molecule has 0 aliphatic rings. The molecule has 0 rings (SSSR count). The quantitative estimate of drug-likeness (QED) is 0.0480. The van der Waals surface area contributed by atoms with E-state index >= 15 is 0 Å². The van der Waals surface area contributed by atoms with Crippen molar-refractivity contribution in [1.82, 2.24) is 16.0 Å². The topological polar surface area (TPSA) is 278 Å². The van der Waals surface area contributed by atoms with Gasteiger partial charge in [0.05, 0.1) is 12.5 Å². The van der Waals surface area contributed by atoms with Crippen LogP contribution >= 0.6 is 0 Å². The number of nitrogens with two attached hydrogens (primary N) is 4. The first-order valence-corrected chi connectivity index (χ1v) is 12.2. The fourth-order valence-electron chi connectivity index (χ4n) is 3.30. The van der Waals surface area contributed by atoms with E-state index in [1.807, 2.05) is 0 Å². The van der Waals surface area contributed by atoms with E-state index in [1.165, 1.54) is 0 Å². The van der Waals surface area contributed by atoms with Gasteiger partial charge in [-0.1, -0.05) is 20.3 Å². The highest BCUT2D eigenvalue weighted by atomic mass is 16.4. The number of nitrogens with zero attached hydrogens (tertiary/aromatic N) is 1. The molecule has 5 atom stereocenters. The van der Waals surface area contributed by atoms with Crippen molar-refractivity contribution in [2.24, 2.45) is 33.8 Å². The van der Waals surface area contributed by atoms with Crippen LogP contribution < -0.4 is 38.9 Å². The first-order chi connectivity index (χ1) is 17.3. The molecule has 15 nitrogen and oxygen atoms in total. The summed E-state index contributed by atoms with van der Waals surface area (Å²) in [6.45, 7) is 3.97. The third-order valence-corrected chi connectivity index (χ3v) is 5.67. The third kappa shape index (κ3) is 14.0. The van der Waals surface area contributed by atoms with E-state index in [0.29, 0.717) is 25.8 Å². The number of hydrogen-bond donors (Lipinski definition) is 9. The summed E-state index contributed by atoms with van der Waals surface area (Å²) in [5.74, 6) is -5.30. The van der Waals surface area contributed by atoms with Crippen LogP contribution in [0.3, 0.4) is 0 Å². The molecule has 0 spiro atoms. The second-order valence-electron chi connectivity index (χ2n) is 8.77. The molecule has 0 fully saturated rings. The molecule has 0 aromatic rings. The highest BCUT2D eigenvalue weighted by Crippen LogP contribution is 2.10. The number of aliphatic imine (C=N–C) groups is 1. The third-order valence-electron chi connectivity index (χ3n) is 5.67. The fourth-order valence-corrected chi connectivity index (χ4v) is 3.30. The summed E-state index contributed by atoms with van der Waals surface area (Å²) in [6, 6.07) is -4.84. The lowest BCUT2D eigenvalue weighted by atomic mass is 9.98. The predicted octanol–water partition coefficient (Wildman–Crippen LogP) is -2.44. The lowest BCUT2D eigenvalue weighted by Gasteiger charge is -2.26. The molecule has 0 aliphatic carbocycles. The molecule has 0 saturated carbocycles. The van der Waals surface area contributed by atoms with E-state index in [0.717, 1.165) is 0 Å². The van der Waals surface area contributed by atoms with Crippen molar-refractivity contribution < 1.29 is 34.2 Å². The van der Waals surface area contributed by atoms with Gasteiger partial charge in [0.2, 0.25) is 17.7 Å². The average Bonchev–Trinajstić information content (AvgIpc) is 2.82. The van der Waals surface area contributed by atoms with Gasteiger partial charge in [0.25, 0.3) is 0 Å². The van der Waals surface area contributed by atoms with E-state index in [9.17, 15) is 29.1 Å². The summed E-state index contributed by atoms with van der Waals surface area (Å²) < 4.78 is 0. The zero-order chi connectivity index (χ0) is 28.5. The van der Waals surface area contributed by atoms with Crippen molar-refractivity contribution >= 4 is 35.6 Å². The van der Waals surface area contributed by atoms with E-state index < -0.39 is 60.2 Å². The van der Waals surface area contributed by atoms with Gasteiger partial charge in [0.1, 0.15) is 18.1 Å². The fraction of sp³-hybridized carbons (Fsp3) is 0.727. The molecule has 37 heavy (non-hydrogen) atoms. The average molecular weight is 531 g/mol. The molecule has 5 unspecified atom stereocenters. The molecule has 3 amide bonds. The number of carboxylic acids is 2. The monoisotopic (exact) mass is 530 g/mol. The highest BCUT2D eigenvalue weighted by molar-refractivity contribution is 5.94. The lowest BCUT2D eigenvalue weighted by molar-refractivity contribution is -0.144. The maximum atomic E-state index is 13.1. The number of nitrogens with one attached hydrogen (secondary N) is 3. The first kappa shape index (κ1) is 33.5. The summed E-state index contributed by atoms with van der Waals surface area (Å²) in [7, 11) is 0. The molecule has 0 bridgehead atoms. The Kier molecular flexibility index (Phi) is 16.2. The molecule has 212 valence electrons. The molecular weight excluding hydrogens is 488 g/mol. The predicted molar refractivity (Wildman–Crippen MR) is 136 cm³/mol. The highest BCUT2D eigenvalue weighted by Gasteiger charge is 2.31. The number of guanidine groups is 1. The summed E-state index contributed by atoms with van der Waals surface area (Å²) in [5, 5.41) is 25.9. The number of aliphatic carboxylic acids is 2. The molecule has 0 aromatic carbocycles. The van der Waals surface area contributed by atoms with Gasteiger partial charge in [-0.25, -0.2) is 4.79 Å². The van der Waals surface area contributed by atoms with Crippen molar-refractivity contribution in [1.29, 1.82) is 0 Å². The Morgan fingerprint density at radius 3 is 1.89 bits per heavy atom. The number of hydrogen-bond acceptors (Lipinski definition) is 8. The van der Waals surface area contributed by atoms with Gasteiger partial charge >= 0.3 is 11.9 Å². The zero-order valence-electron chi connectivity index (χ0n) is 21.4.